The smallest absolute Gasteiger partial charge is 0.310 e. The van der Waals surface area contributed by atoms with Gasteiger partial charge in [-0.1, -0.05) is 31.9 Å². The zero-order valence-corrected chi connectivity index (χ0v) is 17.6. The summed E-state index contributed by atoms with van der Waals surface area (Å²) in [5.41, 5.74) is 1.89. The van der Waals surface area contributed by atoms with Gasteiger partial charge in [-0.25, -0.2) is 0 Å². The van der Waals surface area contributed by atoms with Crippen LogP contribution in [0.4, 0.5) is 5.69 Å². The topological polar surface area (TPSA) is 83.0 Å². The number of rotatable bonds is 5. The van der Waals surface area contributed by atoms with Crippen LogP contribution in [0, 0.1) is 17.8 Å². The molecule has 7 nitrogen and oxygen atoms in total. The Balaban J connectivity index is 1.56. The minimum Gasteiger partial charge on any atom is -0.469 e. The number of aliphatic imine (C=N–C) groups is 1. The van der Waals surface area contributed by atoms with E-state index in [-0.39, 0.29) is 29.6 Å². The van der Waals surface area contributed by atoms with Gasteiger partial charge >= 0.3 is 5.97 Å². The van der Waals surface area contributed by atoms with E-state index in [9.17, 15) is 9.59 Å². The molecule has 2 atom stereocenters. The molecule has 0 spiro atoms. The van der Waals surface area contributed by atoms with E-state index in [4.69, 9.17) is 4.74 Å². The summed E-state index contributed by atoms with van der Waals surface area (Å²) < 4.78 is 4.92. The maximum absolute atomic E-state index is 12.4. The van der Waals surface area contributed by atoms with E-state index in [1.165, 1.54) is 7.11 Å². The number of hydrogen-bond donors (Lipinski definition) is 2. The van der Waals surface area contributed by atoms with E-state index < -0.39 is 0 Å². The SMILES string of the molecule is CN=C(NCc1cccc(NC(=O)C2CCCC2)c1)N1CC(C)C(C(=O)OC)C1. The van der Waals surface area contributed by atoms with Crippen LogP contribution in [0.2, 0.25) is 0 Å². The number of amides is 1. The maximum atomic E-state index is 12.4. The molecular weight excluding hydrogens is 368 g/mol. The first-order chi connectivity index (χ1) is 14.0. The van der Waals surface area contributed by atoms with Crippen molar-refractivity contribution in [2.24, 2.45) is 22.7 Å². The summed E-state index contributed by atoms with van der Waals surface area (Å²) in [7, 11) is 3.18. The molecule has 2 fully saturated rings. The Kier molecular flexibility index (Phi) is 7.12. The van der Waals surface area contributed by atoms with Crippen LogP contribution in [0.5, 0.6) is 0 Å². The Hall–Kier alpha value is -2.57. The monoisotopic (exact) mass is 400 g/mol. The lowest BCUT2D eigenvalue weighted by Crippen LogP contribution is -2.40. The Morgan fingerprint density at radius 3 is 2.69 bits per heavy atom. The van der Waals surface area contributed by atoms with Crippen LogP contribution < -0.4 is 10.6 Å². The van der Waals surface area contributed by atoms with Crippen LogP contribution in [0.15, 0.2) is 29.3 Å². The highest BCUT2D eigenvalue weighted by molar-refractivity contribution is 5.92. The van der Waals surface area contributed by atoms with Gasteiger partial charge in [-0.15, -0.1) is 0 Å². The zero-order valence-electron chi connectivity index (χ0n) is 17.6. The molecule has 1 amide bonds. The molecule has 3 rings (SSSR count). The molecule has 7 heteroatoms. The number of methoxy groups -OCH3 is 1. The lowest BCUT2D eigenvalue weighted by molar-refractivity contribution is -0.146. The van der Waals surface area contributed by atoms with Crippen LogP contribution >= 0.6 is 0 Å². The fraction of sp³-hybridized carbons (Fsp3) is 0.591. The number of anilines is 1. The van der Waals surface area contributed by atoms with Gasteiger partial charge in [-0.05, 0) is 36.5 Å². The van der Waals surface area contributed by atoms with Crippen molar-refractivity contribution in [2.45, 2.75) is 39.2 Å². The van der Waals surface area contributed by atoms with Crippen LogP contribution in [0.3, 0.4) is 0 Å². The van der Waals surface area contributed by atoms with Gasteiger partial charge in [-0.2, -0.15) is 0 Å². The van der Waals surface area contributed by atoms with Gasteiger partial charge in [-0.3, -0.25) is 14.6 Å². The lowest BCUT2D eigenvalue weighted by atomic mass is 9.99. The van der Waals surface area contributed by atoms with Gasteiger partial charge in [0.2, 0.25) is 5.91 Å². The predicted molar refractivity (Wildman–Crippen MR) is 113 cm³/mol. The molecule has 2 N–H and O–H groups in total. The van der Waals surface area contributed by atoms with Gasteiger partial charge in [0.05, 0.1) is 13.0 Å². The molecule has 1 saturated heterocycles. The van der Waals surface area contributed by atoms with Gasteiger partial charge in [0.25, 0.3) is 0 Å². The Labute approximate surface area is 172 Å². The van der Waals surface area contributed by atoms with Crippen LogP contribution in [-0.4, -0.2) is 50.0 Å². The number of carbonyl (C=O) groups is 2. The fourth-order valence-corrected chi connectivity index (χ4v) is 4.30. The first-order valence-electron chi connectivity index (χ1n) is 10.4. The molecule has 1 saturated carbocycles. The minimum absolute atomic E-state index is 0.128. The number of nitrogens with one attached hydrogen (secondary N) is 2. The second-order valence-corrected chi connectivity index (χ2v) is 8.08. The summed E-state index contributed by atoms with van der Waals surface area (Å²) in [5.74, 6) is 0.964. The van der Waals surface area contributed by atoms with Gasteiger partial charge in [0.1, 0.15) is 0 Å². The average Bonchev–Trinajstić information content (AvgIpc) is 3.38. The third kappa shape index (κ3) is 5.28. The van der Waals surface area contributed by atoms with Crippen LogP contribution in [0.1, 0.15) is 38.2 Å². The Morgan fingerprint density at radius 2 is 2.00 bits per heavy atom. The third-order valence-corrected chi connectivity index (χ3v) is 6.00. The first kappa shape index (κ1) is 21.1. The Morgan fingerprint density at radius 1 is 1.24 bits per heavy atom. The number of benzene rings is 1. The normalized spacial score (nSPS) is 22.6. The molecule has 29 heavy (non-hydrogen) atoms. The van der Waals surface area contributed by atoms with Crippen molar-refractivity contribution in [3.8, 4) is 0 Å². The number of carbonyl (C=O) groups excluding carboxylic acids is 2. The molecule has 2 unspecified atom stereocenters. The number of guanidine groups is 1. The fourth-order valence-electron chi connectivity index (χ4n) is 4.30. The first-order valence-corrected chi connectivity index (χ1v) is 10.4. The third-order valence-electron chi connectivity index (χ3n) is 6.00. The summed E-state index contributed by atoms with van der Waals surface area (Å²) in [6, 6.07) is 7.90. The van der Waals surface area contributed by atoms with E-state index >= 15 is 0 Å². The van der Waals surface area contributed by atoms with E-state index in [1.54, 1.807) is 7.05 Å². The van der Waals surface area contributed by atoms with Crippen LogP contribution in [-0.2, 0) is 20.9 Å². The van der Waals surface area contributed by atoms with E-state index in [0.29, 0.717) is 13.1 Å². The summed E-state index contributed by atoms with van der Waals surface area (Å²) >= 11 is 0. The number of nitrogens with zero attached hydrogens (tertiary/aromatic N) is 2. The second-order valence-electron chi connectivity index (χ2n) is 8.08. The summed E-state index contributed by atoms with van der Waals surface area (Å²) in [6.07, 6.45) is 4.27. The van der Waals surface area contributed by atoms with E-state index in [0.717, 1.165) is 49.4 Å². The highest BCUT2D eigenvalue weighted by atomic mass is 16.5. The summed E-state index contributed by atoms with van der Waals surface area (Å²) in [4.78, 5) is 30.8. The van der Waals surface area contributed by atoms with Crippen molar-refractivity contribution >= 4 is 23.5 Å². The molecular formula is C22H32N4O3. The molecule has 1 aromatic rings. The maximum Gasteiger partial charge on any atom is 0.310 e. The average molecular weight is 401 g/mol. The molecule has 1 aliphatic carbocycles. The molecule has 0 bridgehead atoms. The summed E-state index contributed by atoms with van der Waals surface area (Å²) in [5, 5.41) is 6.43. The molecule has 0 radical (unpaired) electrons. The van der Waals surface area contributed by atoms with Crippen molar-refractivity contribution in [2.75, 3.05) is 32.6 Å². The zero-order chi connectivity index (χ0) is 20.8. The Bertz CT molecular complexity index is 758. The predicted octanol–water partition coefficient (Wildman–Crippen LogP) is 2.63. The number of ether oxygens (including phenoxy) is 1. The molecule has 2 aliphatic rings. The molecule has 1 heterocycles. The van der Waals surface area contributed by atoms with Gasteiger partial charge < -0.3 is 20.3 Å². The van der Waals surface area contributed by atoms with Crippen molar-refractivity contribution in [3.05, 3.63) is 29.8 Å². The highest BCUT2D eigenvalue weighted by Crippen LogP contribution is 2.26. The highest BCUT2D eigenvalue weighted by Gasteiger charge is 2.36. The van der Waals surface area contributed by atoms with Crippen molar-refractivity contribution in [1.82, 2.24) is 10.2 Å². The van der Waals surface area contributed by atoms with Crippen molar-refractivity contribution in [3.63, 3.8) is 0 Å². The molecule has 1 aromatic carbocycles. The number of esters is 1. The van der Waals surface area contributed by atoms with Crippen molar-refractivity contribution in [1.29, 1.82) is 0 Å². The summed E-state index contributed by atoms with van der Waals surface area (Å²) in [6.45, 7) is 4.01. The largest absolute Gasteiger partial charge is 0.469 e. The number of hydrogen-bond acceptors (Lipinski definition) is 4. The van der Waals surface area contributed by atoms with Gasteiger partial charge in [0, 0.05) is 38.3 Å². The van der Waals surface area contributed by atoms with Crippen LogP contribution in [0.25, 0.3) is 0 Å². The minimum atomic E-state index is -0.166. The molecule has 158 valence electrons. The van der Waals surface area contributed by atoms with Gasteiger partial charge in [0.15, 0.2) is 5.96 Å². The van der Waals surface area contributed by atoms with Crippen molar-refractivity contribution < 1.29 is 14.3 Å². The number of likely N-dealkylation sites (tertiary alicyclic amines) is 1. The lowest BCUT2D eigenvalue weighted by Gasteiger charge is -2.21. The van der Waals surface area contributed by atoms with E-state index in [2.05, 4.69) is 27.4 Å². The quantitative estimate of drug-likeness (QED) is 0.451. The molecule has 1 aliphatic heterocycles. The second kappa shape index (κ2) is 9.76. The standard InChI is InChI=1S/C22H32N4O3/c1-15-13-26(14-19(15)21(28)29-3)22(23-2)24-12-16-7-6-10-18(11-16)25-20(27)17-8-4-5-9-17/h6-7,10-11,15,17,19H,4-5,8-9,12-14H2,1-3H3,(H,23,24)(H,25,27). The van der Waals surface area contributed by atoms with E-state index in [1.807, 2.05) is 24.3 Å². The molecule has 0 aromatic heterocycles.